The van der Waals surface area contributed by atoms with Crippen molar-refractivity contribution in [3.05, 3.63) is 0 Å². The van der Waals surface area contributed by atoms with E-state index in [4.69, 9.17) is 5.11 Å². The lowest BCUT2D eigenvalue weighted by atomic mass is 10.0. The molecule has 4 nitrogen and oxygen atoms in total. The molecular weight excluding hydrogens is 146 g/mol. The van der Waals surface area contributed by atoms with Crippen LogP contribution in [-0.2, 0) is 9.59 Å². The van der Waals surface area contributed by atoms with E-state index < -0.39 is 5.78 Å². The third-order valence-corrected chi connectivity index (χ3v) is 1.94. The summed E-state index contributed by atoms with van der Waals surface area (Å²) in [6.45, 7) is 0.705. The molecular formula is C7H11NO3. The summed E-state index contributed by atoms with van der Waals surface area (Å²) in [6, 6.07) is -0.357. The number of aliphatic hydroxyl groups excluding tert-OH is 1. The van der Waals surface area contributed by atoms with E-state index in [1.54, 1.807) is 0 Å². The predicted octanol–water partition coefficient (Wildman–Crippen LogP) is -1.28. The van der Waals surface area contributed by atoms with Crippen LogP contribution in [0.4, 0.5) is 0 Å². The Morgan fingerprint density at radius 3 is 2.91 bits per heavy atom. The lowest BCUT2D eigenvalue weighted by molar-refractivity contribution is -0.131. The smallest absolute Gasteiger partial charge is 0.212 e. The standard InChI is InChI=1S/C7H11NO3/c9-3-5-1-6(8-2-5)7(11)4-10/h4-6,8-9H,1-3H2. The minimum Gasteiger partial charge on any atom is -0.396 e. The maximum atomic E-state index is 10.8. The van der Waals surface area contributed by atoms with Crippen LogP contribution in [0.5, 0.6) is 0 Å². The van der Waals surface area contributed by atoms with Gasteiger partial charge in [-0.25, -0.2) is 0 Å². The molecule has 2 unspecified atom stereocenters. The van der Waals surface area contributed by atoms with Crippen molar-refractivity contribution in [1.29, 1.82) is 0 Å². The number of Topliss-reactive ketones (excluding diaryl/α,β-unsaturated/α-hetero) is 1. The largest absolute Gasteiger partial charge is 0.396 e. The molecule has 2 N–H and O–H groups in total. The van der Waals surface area contributed by atoms with E-state index in [-0.39, 0.29) is 18.6 Å². The average molecular weight is 157 g/mol. The fourth-order valence-electron chi connectivity index (χ4n) is 1.25. The molecule has 0 amide bonds. The molecule has 1 fully saturated rings. The van der Waals surface area contributed by atoms with Gasteiger partial charge in [0.05, 0.1) is 6.04 Å². The summed E-state index contributed by atoms with van der Waals surface area (Å²) < 4.78 is 0. The van der Waals surface area contributed by atoms with Gasteiger partial charge in [0.25, 0.3) is 0 Å². The van der Waals surface area contributed by atoms with Crippen molar-refractivity contribution in [3.63, 3.8) is 0 Å². The molecule has 1 heterocycles. The van der Waals surface area contributed by atoms with Crippen LogP contribution in [0, 0.1) is 5.92 Å². The van der Waals surface area contributed by atoms with E-state index in [0.29, 0.717) is 19.3 Å². The fraction of sp³-hybridized carbons (Fsp3) is 0.714. The highest BCUT2D eigenvalue weighted by molar-refractivity contribution is 6.27. The zero-order chi connectivity index (χ0) is 8.27. The first-order valence-electron chi connectivity index (χ1n) is 3.61. The number of aldehydes is 1. The van der Waals surface area contributed by atoms with Crippen LogP contribution in [0.25, 0.3) is 0 Å². The Balaban J connectivity index is 2.41. The summed E-state index contributed by atoms with van der Waals surface area (Å²) >= 11 is 0. The van der Waals surface area contributed by atoms with E-state index in [1.165, 1.54) is 0 Å². The average Bonchev–Trinajstić information content (AvgIpc) is 2.50. The summed E-state index contributed by atoms with van der Waals surface area (Å²) in [6.07, 6.45) is 0.908. The normalized spacial score (nSPS) is 30.3. The molecule has 0 saturated carbocycles. The van der Waals surface area contributed by atoms with E-state index >= 15 is 0 Å². The maximum absolute atomic E-state index is 10.8. The van der Waals surface area contributed by atoms with E-state index in [0.717, 1.165) is 0 Å². The molecule has 0 aromatic rings. The monoisotopic (exact) mass is 157 g/mol. The second kappa shape index (κ2) is 3.59. The van der Waals surface area contributed by atoms with Gasteiger partial charge in [-0.2, -0.15) is 0 Å². The molecule has 62 valence electrons. The first kappa shape index (κ1) is 8.36. The quantitative estimate of drug-likeness (QED) is 0.396. The third kappa shape index (κ3) is 1.85. The second-order valence-corrected chi connectivity index (χ2v) is 2.77. The van der Waals surface area contributed by atoms with Crippen molar-refractivity contribution in [2.75, 3.05) is 13.2 Å². The van der Waals surface area contributed by atoms with Crippen LogP contribution in [-0.4, -0.2) is 36.4 Å². The van der Waals surface area contributed by atoms with Crippen molar-refractivity contribution in [3.8, 4) is 0 Å². The minimum absolute atomic E-state index is 0.0790. The first-order chi connectivity index (χ1) is 5.27. The Morgan fingerprint density at radius 1 is 1.73 bits per heavy atom. The highest BCUT2D eigenvalue weighted by Gasteiger charge is 2.27. The molecule has 1 aliphatic heterocycles. The van der Waals surface area contributed by atoms with E-state index in [9.17, 15) is 9.59 Å². The van der Waals surface area contributed by atoms with Crippen LogP contribution in [0.15, 0.2) is 0 Å². The molecule has 2 atom stereocenters. The van der Waals surface area contributed by atoms with E-state index in [2.05, 4.69) is 5.32 Å². The topological polar surface area (TPSA) is 66.4 Å². The molecule has 4 heteroatoms. The number of nitrogens with one attached hydrogen (secondary N) is 1. The summed E-state index contributed by atoms with van der Waals surface area (Å²) in [4.78, 5) is 20.8. The van der Waals surface area contributed by atoms with Gasteiger partial charge in [0, 0.05) is 13.2 Å². The SMILES string of the molecule is O=CC(=O)C1CC(CO)CN1. The Labute approximate surface area is 64.6 Å². The van der Waals surface area contributed by atoms with Gasteiger partial charge in [0.1, 0.15) is 0 Å². The molecule has 11 heavy (non-hydrogen) atoms. The molecule has 0 aliphatic carbocycles. The predicted molar refractivity (Wildman–Crippen MR) is 38.1 cm³/mol. The molecule has 0 spiro atoms. The van der Waals surface area contributed by atoms with Gasteiger partial charge in [-0.05, 0) is 12.3 Å². The molecule has 1 rings (SSSR count). The number of rotatable bonds is 3. The Morgan fingerprint density at radius 2 is 2.45 bits per heavy atom. The molecule has 0 aromatic carbocycles. The summed E-state index contributed by atoms with van der Waals surface area (Å²) in [5.74, 6) is -0.287. The zero-order valence-electron chi connectivity index (χ0n) is 6.12. The zero-order valence-corrected chi connectivity index (χ0v) is 6.12. The van der Waals surface area contributed by atoms with Gasteiger partial charge < -0.3 is 10.4 Å². The molecule has 0 radical (unpaired) electrons. The van der Waals surface area contributed by atoms with E-state index in [1.807, 2.05) is 0 Å². The molecule has 0 bridgehead atoms. The summed E-state index contributed by atoms with van der Waals surface area (Å²) in [5.41, 5.74) is 0. The lowest BCUT2D eigenvalue weighted by Crippen LogP contribution is -2.31. The van der Waals surface area contributed by atoms with Crippen LogP contribution < -0.4 is 5.32 Å². The Hall–Kier alpha value is -0.740. The number of hydrogen-bond donors (Lipinski definition) is 2. The van der Waals surface area contributed by atoms with Gasteiger partial charge in [-0.15, -0.1) is 0 Å². The van der Waals surface area contributed by atoms with Gasteiger partial charge in [-0.1, -0.05) is 0 Å². The van der Waals surface area contributed by atoms with Gasteiger partial charge in [0.2, 0.25) is 5.78 Å². The molecule has 0 aromatic heterocycles. The van der Waals surface area contributed by atoms with Gasteiger partial charge in [-0.3, -0.25) is 9.59 Å². The van der Waals surface area contributed by atoms with Crippen molar-refractivity contribution < 1.29 is 14.7 Å². The highest BCUT2D eigenvalue weighted by Crippen LogP contribution is 2.12. The number of carbonyl (C=O) groups is 2. The minimum atomic E-state index is -0.416. The molecule has 1 saturated heterocycles. The lowest BCUT2D eigenvalue weighted by Gasteiger charge is -2.02. The maximum Gasteiger partial charge on any atom is 0.212 e. The number of carbonyl (C=O) groups excluding carboxylic acids is 2. The van der Waals surface area contributed by atoms with Crippen LogP contribution in [0.2, 0.25) is 0 Å². The van der Waals surface area contributed by atoms with Crippen LogP contribution in [0.3, 0.4) is 0 Å². The summed E-state index contributed by atoms with van der Waals surface area (Å²) in [5, 5.41) is 11.6. The third-order valence-electron chi connectivity index (χ3n) is 1.94. The summed E-state index contributed by atoms with van der Waals surface area (Å²) in [7, 11) is 0. The van der Waals surface area contributed by atoms with Crippen LogP contribution in [0.1, 0.15) is 6.42 Å². The second-order valence-electron chi connectivity index (χ2n) is 2.77. The fourth-order valence-corrected chi connectivity index (χ4v) is 1.25. The van der Waals surface area contributed by atoms with Crippen molar-refractivity contribution in [1.82, 2.24) is 5.32 Å². The number of aliphatic hydroxyl groups is 1. The van der Waals surface area contributed by atoms with Gasteiger partial charge in [0.15, 0.2) is 6.29 Å². The number of ketones is 1. The van der Waals surface area contributed by atoms with Crippen molar-refractivity contribution in [2.45, 2.75) is 12.5 Å². The van der Waals surface area contributed by atoms with Crippen LogP contribution >= 0.6 is 0 Å². The Bertz CT molecular complexity index is 169. The first-order valence-corrected chi connectivity index (χ1v) is 3.61. The highest BCUT2D eigenvalue weighted by atomic mass is 16.3. The number of hydrogen-bond acceptors (Lipinski definition) is 4. The Kier molecular flexibility index (Phi) is 2.73. The van der Waals surface area contributed by atoms with Crippen molar-refractivity contribution in [2.24, 2.45) is 5.92 Å². The molecule has 1 aliphatic rings. The van der Waals surface area contributed by atoms with Crippen molar-refractivity contribution >= 4 is 12.1 Å². The van der Waals surface area contributed by atoms with Gasteiger partial charge >= 0.3 is 0 Å².